The number of carbonyl (C=O) groups excluding carboxylic acids is 3. The maximum Gasteiger partial charge on any atom is 0.411 e. The van der Waals surface area contributed by atoms with Crippen LogP contribution in [0.3, 0.4) is 0 Å². The Labute approximate surface area is 185 Å². The Hall–Kier alpha value is -3.19. The summed E-state index contributed by atoms with van der Waals surface area (Å²) >= 11 is 0. The molecule has 1 rings (SSSR count). The predicted molar refractivity (Wildman–Crippen MR) is 125 cm³/mol. The Morgan fingerprint density at radius 2 is 1.90 bits per heavy atom. The van der Waals surface area contributed by atoms with Crippen LogP contribution in [0.5, 0.6) is 0 Å². The molecular weight excluding hydrogens is 396 g/mol. The lowest BCUT2D eigenvalue weighted by atomic mass is 10.2. The number of aliphatic hydroxyl groups is 1. The molecule has 7 nitrogen and oxygen atoms in total. The number of amides is 2. The van der Waals surface area contributed by atoms with Gasteiger partial charge >= 0.3 is 6.09 Å². The summed E-state index contributed by atoms with van der Waals surface area (Å²) in [6.45, 7) is 14.6. The Balaban J connectivity index is 0. The molecule has 1 heterocycles. The molecule has 31 heavy (non-hydrogen) atoms. The van der Waals surface area contributed by atoms with E-state index in [2.05, 4.69) is 43.4 Å². The molecule has 172 valence electrons. The minimum atomic E-state index is -0.653. The third-order valence-electron chi connectivity index (χ3n) is 3.50. The molecule has 0 aromatic carbocycles. The van der Waals surface area contributed by atoms with Crippen LogP contribution in [0.25, 0.3) is 0 Å². The van der Waals surface area contributed by atoms with E-state index in [4.69, 9.17) is 9.84 Å². The van der Waals surface area contributed by atoms with Crippen molar-refractivity contribution >= 4 is 17.8 Å². The summed E-state index contributed by atoms with van der Waals surface area (Å²) in [5.74, 6) is -1.11. The van der Waals surface area contributed by atoms with Gasteiger partial charge in [0.1, 0.15) is 6.61 Å². The number of hydrogen-bond acceptors (Lipinski definition) is 5. The number of ether oxygens (including phenoxy) is 1. The van der Waals surface area contributed by atoms with Gasteiger partial charge in [0.2, 0.25) is 5.78 Å². The van der Waals surface area contributed by atoms with Crippen LogP contribution in [0.1, 0.15) is 46.0 Å². The molecule has 0 aromatic rings. The molecule has 0 bridgehead atoms. The molecule has 2 amide bonds. The van der Waals surface area contributed by atoms with E-state index in [1.54, 1.807) is 6.08 Å². The fraction of sp³-hybridized carbons (Fsp3) is 0.375. The zero-order valence-corrected chi connectivity index (χ0v) is 18.7. The topological polar surface area (TPSA) is 105 Å². The van der Waals surface area contributed by atoms with Crippen molar-refractivity contribution in [1.29, 1.82) is 0 Å². The van der Waals surface area contributed by atoms with Gasteiger partial charge in [-0.2, -0.15) is 0 Å². The van der Waals surface area contributed by atoms with Crippen LogP contribution in [0.15, 0.2) is 73.7 Å². The average molecular weight is 433 g/mol. The SMILES string of the molecule is C=C/C=C/CCCC.C=CC1=C(/C=C/NC(=O)C(=O)CCC)COC(=O)N1.C=CCO. The number of allylic oxidation sites excluding steroid dienone is 4. The number of ketones is 1. The second-order valence-corrected chi connectivity index (χ2v) is 6.10. The molecule has 7 heteroatoms. The van der Waals surface area contributed by atoms with Crippen LogP contribution in [0, 0.1) is 0 Å². The van der Waals surface area contributed by atoms with Crippen molar-refractivity contribution in [2.24, 2.45) is 0 Å². The van der Waals surface area contributed by atoms with E-state index < -0.39 is 17.8 Å². The number of hydrogen-bond donors (Lipinski definition) is 3. The Bertz CT molecular complexity index is 675. The van der Waals surface area contributed by atoms with Crippen LogP contribution in [0.4, 0.5) is 4.79 Å². The highest BCUT2D eigenvalue weighted by Gasteiger charge is 2.15. The molecule has 0 unspecified atom stereocenters. The number of cyclic esters (lactones) is 1. The average Bonchev–Trinajstić information content (AvgIpc) is 2.78. The van der Waals surface area contributed by atoms with Crippen molar-refractivity contribution in [3.8, 4) is 0 Å². The number of aliphatic hydroxyl groups excluding tert-OH is 1. The van der Waals surface area contributed by atoms with Crippen molar-refractivity contribution in [1.82, 2.24) is 10.6 Å². The van der Waals surface area contributed by atoms with Crippen molar-refractivity contribution in [2.45, 2.75) is 46.0 Å². The first-order valence-electron chi connectivity index (χ1n) is 10.2. The van der Waals surface area contributed by atoms with Gasteiger partial charge in [0.25, 0.3) is 5.91 Å². The van der Waals surface area contributed by atoms with Gasteiger partial charge < -0.3 is 15.2 Å². The third-order valence-corrected chi connectivity index (χ3v) is 3.50. The van der Waals surface area contributed by atoms with Crippen LogP contribution in [-0.4, -0.2) is 36.1 Å². The fourth-order valence-corrected chi connectivity index (χ4v) is 1.92. The van der Waals surface area contributed by atoms with Crippen molar-refractivity contribution in [3.05, 3.63) is 73.7 Å². The summed E-state index contributed by atoms with van der Waals surface area (Å²) in [6, 6.07) is 0. The van der Waals surface area contributed by atoms with Gasteiger partial charge in [-0.25, -0.2) is 4.79 Å². The van der Waals surface area contributed by atoms with Gasteiger partial charge in [-0.15, -0.1) is 6.58 Å². The van der Waals surface area contributed by atoms with Crippen molar-refractivity contribution in [3.63, 3.8) is 0 Å². The number of carbonyl (C=O) groups is 3. The first-order valence-corrected chi connectivity index (χ1v) is 10.2. The quantitative estimate of drug-likeness (QED) is 0.196. The molecule has 0 aromatic heterocycles. The molecule has 0 aliphatic carbocycles. The molecule has 0 radical (unpaired) electrons. The molecule has 0 saturated carbocycles. The standard InChI is InChI=1S/C13H16N2O4.C8H14.C3H6O/c1-3-5-11(16)12(17)14-7-6-9-8-19-13(18)15-10(9)4-2;1-3-5-7-8-6-4-2;1-2-3-4/h4,6-7H,2-3,5,8H2,1H3,(H,14,17)(H,15,18);3,5,7H,1,4,6,8H2,2H3;2,4H,1,3H2/b7-6+;7-5+;. The molecule has 0 spiro atoms. The van der Waals surface area contributed by atoms with Gasteiger partial charge in [0.05, 0.1) is 12.3 Å². The molecule has 0 fully saturated rings. The normalized spacial score (nSPS) is 12.5. The zero-order valence-electron chi connectivity index (χ0n) is 18.7. The zero-order chi connectivity index (χ0) is 23.9. The molecule has 1 aliphatic rings. The Kier molecular flexibility index (Phi) is 20.8. The molecule has 0 atom stereocenters. The summed E-state index contributed by atoms with van der Waals surface area (Å²) in [5.41, 5.74) is 1.17. The highest BCUT2D eigenvalue weighted by Crippen LogP contribution is 2.10. The maximum atomic E-state index is 11.3. The third kappa shape index (κ3) is 17.4. The van der Waals surface area contributed by atoms with Gasteiger partial charge in [-0.1, -0.05) is 64.2 Å². The highest BCUT2D eigenvalue weighted by molar-refractivity contribution is 6.36. The van der Waals surface area contributed by atoms with Gasteiger partial charge in [0.15, 0.2) is 0 Å². The second kappa shape index (κ2) is 21.5. The minimum Gasteiger partial charge on any atom is -0.444 e. The number of Topliss-reactive ketones (excluding diaryl/α,β-unsaturated/α-hetero) is 1. The molecule has 1 aliphatic heterocycles. The summed E-state index contributed by atoms with van der Waals surface area (Å²) in [7, 11) is 0. The van der Waals surface area contributed by atoms with Crippen LogP contribution in [-0.2, 0) is 14.3 Å². The van der Waals surface area contributed by atoms with E-state index in [1.165, 1.54) is 37.6 Å². The van der Waals surface area contributed by atoms with Gasteiger partial charge in [-0.05, 0) is 25.0 Å². The monoisotopic (exact) mass is 432 g/mol. The largest absolute Gasteiger partial charge is 0.444 e. The lowest BCUT2D eigenvalue weighted by Gasteiger charge is -2.16. The second-order valence-electron chi connectivity index (χ2n) is 6.10. The molecule has 0 saturated heterocycles. The van der Waals surface area contributed by atoms with Crippen molar-refractivity contribution < 1.29 is 24.2 Å². The maximum absolute atomic E-state index is 11.3. The fourth-order valence-electron chi connectivity index (χ4n) is 1.92. The van der Waals surface area contributed by atoms with Crippen molar-refractivity contribution in [2.75, 3.05) is 13.2 Å². The van der Waals surface area contributed by atoms with Crippen LogP contribution in [0.2, 0.25) is 0 Å². The smallest absolute Gasteiger partial charge is 0.411 e. The summed E-state index contributed by atoms with van der Waals surface area (Å²) in [6.07, 6.45) is 15.8. The van der Waals surface area contributed by atoms with E-state index in [9.17, 15) is 14.4 Å². The Morgan fingerprint density at radius 1 is 1.23 bits per heavy atom. The number of alkyl carbamates (subject to hydrolysis) is 1. The number of unbranched alkanes of at least 4 members (excludes halogenated alkanes) is 2. The van der Waals surface area contributed by atoms with Crippen LogP contribution < -0.4 is 10.6 Å². The summed E-state index contributed by atoms with van der Waals surface area (Å²) in [5, 5.41) is 12.6. The van der Waals surface area contributed by atoms with E-state index in [1.807, 2.05) is 19.1 Å². The van der Waals surface area contributed by atoms with Gasteiger partial charge in [0, 0.05) is 18.2 Å². The molecule has 3 N–H and O–H groups in total. The van der Waals surface area contributed by atoms with E-state index in [-0.39, 0.29) is 19.6 Å². The van der Waals surface area contributed by atoms with E-state index in [0.717, 1.165) is 0 Å². The highest BCUT2D eigenvalue weighted by atomic mass is 16.5. The van der Waals surface area contributed by atoms with E-state index >= 15 is 0 Å². The lowest BCUT2D eigenvalue weighted by Crippen LogP contribution is -2.30. The van der Waals surface area contributed by atoms with Crippen LogP contribution >= 0.6 is 0 Å². The summed E-state index contributed by atoms with van der Waals surface area (Å²) < 4.78 is 4.78. The number of rotatable bonds is 11. The minimum absolute atomic E-state index is 0.0833. The number of nitrogens with one attached hydrogen (secondary N) is 2. The molecular formula is C24H36N2O5. The first-order chi connectivity index (χ1) is 14.9. The lowest BCUT2D eigenvalue weighted by molar-refractivity contribution is -0.137. The van der Waals surface area contributed by atoms with E-state index in [0.29, 0.717) is 17.7 Å². The van der Waals surface area contributed by atoms with Gasteiger partial charge in [-0.3, -0.25) is 14.9 Å². The first kappa shape index (κ1) is 30.0. The summed E-state index contributed by atoms with van der Waals surface area (Å²) in [4.78, 5) is 33.5. The Morgan fingerprint density at radius 3 is 2.42 bits per heavy atom. The predicted octanol–water partition coefficient (Wildman–Crippen LogP) is 4.25.